The number of carbonyl (C=O) groups excluding carboxylic acids is 2. The SMILES string of the molecule is COc1ccc(CCN2CC(C(=O)Nc3ccc(C(C)C)cc3)CC2=O)cc1. The van der Waals surface area contributed by atoms with Crippen molar-refractivity contribution in [1.29, 1.82) is 0 Å². The van der Waals surface area contributed by atoms with Crippen LogP contribution in [0.25, 0.3) is 0 Å². The second-order valence-electron chi connectivity index (χ2n) is 7.60. The van der Waals surface area contributed by atoms with Crippen molar-refractivity contribution in [3.63, 3.8) is 0 Å². The number of rotatable bonds is 7. The quantitative estimate of drug-likeness (QED) is 0.794. The van der Waals surface area contributed by atoms with Gasteiger partial charge in [0.1, 0.15) is 5.75 Å². The largest absolute Gasteiger partial charge is 0.497 e. The van der Waals surface area contributed by atoms with E-state index < -0.39 is 0 Å². The van der Waals surface area contributed by atoms with Crippen molar-refractivity contribution in [1.82, 2.24) is 4.90 Å². The molecule has 1 aliphatic heterocycles. The summed E-state index contributed by atoms with van der Waals surface area (Å²) in [5, 5.41) is 2.95. The van der Waals surface area contributed by atoms with Gasteiger partial charge in [0.15, 0.2) is 0 Å². The summed E-state index contributed by atoms with van der Waals surface area (Å²) >= 11 is 0. The van der Waals surface area contributed by atoms with Gasteiger partial charge >= 0.3 is 0 Å². The molecule has 0 radical (unpaired) electrons. The van der Waals surface area contributed by atoms with Gasteiger partial charge in [-0.25, -0.2) is 0 Å². The lowest BCUT2D eigenvalue weighted by Crippen LogP contribution is -2.30. The Morgan fingerprint density at radius 3 is 2.43 bits per heavy atom. The minimum absolute atomic E-state index is 0.0452. The molecule has 5 nitrogen and oxygen atoms in total. The molecular formula is C23H28N2O3. The molecule has 1 aliphatic rings. The molecule has 0 bridgehead atoms. The lowest BCUT2D eigenvalue weighted by atomic mass is 10.0. The highest BCUT2D eigenvalue weighted by molar-refractivity contribution is 5.97. The van der Waals surface area contributed by atoms with E-state index in [1.807, 2.05) is 48.5 Å². The van der Waals surface area contributed by atoms with Gasteiger partial charge < -0.3 is 15.0 Å². The van der Waals surface area contributed by atoms with Crippen LogP contribution < -0.4 is 10.1 Å². The first-order valence-electron chi connectivity index (χ1n) is 9.78. The average Bonchev–Trinajstić information content (AvgIpc) is 3.08. The van der Waals surface area contributed by atoms with Crippen LogP contribution in [0.2, 0.25) is 0 Å². The first-order valence-corrected chi connectivity index (χ1v) is 9.78. The number of amides is 2. The van der Waals surface area contributed by atoms with Crippen molar-refractivity contribution in [2.75, 3.05) is 25.5 Å². The number of benzene rings is 2. The molecule has 5 heteroatoms. The Kier molecular flexibility index (Phi) is 6.34. The number of carbonyl (C=O) groups is 2. The number of nitrogens with one attached hydrogen (secondary N) is 1. The summed E-state index contributed by atoms with van der Waals surface area (Å²) < 4.78 is 5.16. The van der Waals surface area contributed by atoms with E-state index in [2.05, 4.69) is 19.2 Å². The molecule has 0 aliphatic carbocycles. The van der Waals surface area contributed by atoms with Gasteiger partial charge in [-0.3, -0.25) is 9.59 Å². The standard InChI is InChI=1S/C23H28N2O3/c1-16(2)18-6-8-20(9-7-18)24-23(27)19-14-22(26)25(15-19)13-12-17-4-10-21(28-3)11-5-17/h4-11,16,19H,12-15H2,1-3H3,(H,24,27). The van der Waals surface area contributed by atoms with E-state index in [-0.39, 0.29) is 24.2 Å². The van der Waals surface area contributed by atoms with E-state index in [1.54, 1.807) is 12.0 Å². The van der Waals surface area contributed by atoms with Gasteiger partial charge in [0.25, 0.3) is 0 Å². The maximum atomic E-state index is 12.6. The monoisotopic (exact) mass is 380 g/mol. The van der Waals surface area contributed by atoms with Gasteiger partial charge in [-0.2, -0.15) is 0 Å². The lowest BCUT2D eigenvalue weighted by Gasteiger charge is -2.17. The summed E-state index contributed by atoms with van der Waals surface area (Å²) in [6, 6.07) is 15.7. The van der Waals surface area contributed by atoms with Crippen LogP contribution in [0.4, 0.5) is 5.69 Å². The Labute approximate surface area is 166 Å². The van der Waals surface area contributed by atoms with Crippen LogP contribution in [0.3, 0.4) is 0 Å². The van der Waals surface area contributed by atoms with Crippen LogP contribution in [0.1, 0.15) is 37.3 Å². The van der Waals surface area contributed by atoms with E-state index in [9.17, 15) is 9.59 Å². The Bertz CT molecular complexity index is 813. The zero-order valence-corrected chi connectivity index (χ0v) is 16.8. The minimum Gasteiger partial charge on any atom is -0.497 e. The third-order valence-corrected chi connectivity index (χ3v) is 5.26. The van der Waals surface area contributed by atoms with Crippen LogP contribution in [0.5, 0.6) is 5.75 Å². The average molecular weight is 380 g/mol. The zero-order valence-electron chi connectivity index (χ0n) is 16.8. The minimum atomic E-state index is -0.298. The molecule has 1 unspecified atom stereocenters. The third kappa shape index (κ3) is 4.91. The van der Waals surface area contributed by atoms with Gasteiger partial charge in [0.05, 0.1) is 13.0 Å². The molecule has 0 saturated carbocycles. The number of likely N-dealkylation sites (tertiary alicyclic amines) is 1. The molecule has 3 rings (SSSR count). The Hall–Kier alpha value is -2.82. The fourth-order valence-electron chi connectivity index (χ4n) is 3.42. The normalized spacial score (nSPS) is 16.5. The molecule has 28 heavy (non-hydrogen) atoms. The van der Waals surface area contributed by atoms with Crippen molar-refractivity contribution in [2.45, 2.75) is 32.6 Å². The maximum absolute atomic E-state index is 12.6. The van der Waals surface area contributed by atoms with Crippen LogP contribution in [0, 0.1) is 5.92 Å². The predicted octanol–water partition coefficient (Wildman–Crippen LogP) is 3.85. The summed E-state index contributed by atoms with van der Waals surface area (Å²) in [4.78, 5) is 26.7. The van der Waals surface area contributed by atoms with Gasteiger partial charge in [0.2, 0.25) is 11.8 Å². The van der Waals surface area contributed by atoms with Gasteiger partial charge in [0, 0.05) is 25.2 Å². The second kappa shape index (κ2) is 8.91. The summed E-state index contributed by atoms with van der Waals surface area (Å²) in [5.41, 5.74) is 3.16. The third-order valence-electron chi connectivity index (χ3n) is 5.26. The number of hydrogen-bond acceptors (Lipinski definition) is 3. The van der Waals surface area contributed by atoms with Crippen molar-refractivity contribution < 1.29 is 14.3 Å². The molecule has 2 aromatic carbocycles. The predicted molar refractivity (Wildman–Crippen MR) is 111 cm³/mol. The summed E-state index contributed by atoms with van der Waals surface area (Å²) in [7, 11) is 1.64. The molecule has 0 aromatic heterocycles. The number of anilines is 1. The summed E-state index contributed by atoms with van der Waals surface area (Å²) in [5.74, 6) is 0.935. The molecule has 2 amide bonds. The maximum Gasteiger partial charge on any atom is 0.229 e. The fourth-order valence-corrected chi connectivity index (χ4v) is 3.42. The molecule has 0 spiro atoms. The molecule has 1 heterocycles. The number of ether oxygens (including phenoxy) is 1. The van der Waals surface area contributed by atoms with Crippen molar-refractivity contribution in [2.24, 2.45) is 5.92 Å². The molecule has 1 atom stereocenters. The highest BCUT2D eigenvalue weighted by Crippen LogP contribution is 2.22. The van der Waals surface area contributed by atoms with Gasteiger partial charge in [-0.05, 0) is 47.7 Å². The summed E-state index contributed by atoms with van der Waals surface area (Å²) in [6.07, 6.45) is 1.04. The smallest absolute Gasteiger partial charge is 0.229 e. The number of hydrogen-bond donors (Lipinski definition) is 1. The summed E-state index contributed by atoms with van der Waals surface area (Å²) in [6.45, 7) is 5.37. The van der Waals surface area contributed by atoms with Gasteiger partial charge in [-0.1, -0.05) is 38.1 Å². The molecular weight excluding hydrogens is 352 g/mol. The van der Waals surface area contributed by atoms with Crippen LogP contribution >= 0.6 is 0 Å². The molecule has 2 aromatic rings. The molecule has 148 valence electrons. The second-order valence-corrected chi connectivity index (χ2v) is 7.60. The fraction of sp³-hybridized carbons (Fsp3) is 0.391. The molecule has 1 fully saturated rings. The van der Waals surface area contributed by atoms with E-state index in [0.717, 1.165) is 23.4 Å². The van der Waals surface area contributed by atoms with E-state index >= 15 is 0 Å². The Morgan fingerprint density at radius 1 is 1.14 bits per heavy atom. The first kappa shape index (κ1) is 19.9. The van der Waals surface area contributed by atoms with E-state index in [0.29, 0.717) is 19.0 Å². The number of methoxy groups -OCH3 is 1. The van der Waals surface area contributed by atoms with E-state index in [4.69, 9.17) is 4.74 Å². The molecule has 1 saturated heterocycles. The number of nitrogens with zero attached hydrogens (tertiary/aromatic N) is 1. The Balaban J connectivity index is 1.51. The van der Waals surface area contributed by atoms with Crippen LogP contribution in [-0.2, 0) is 16.0 Å². The first-order chi connectivity index (χ1) is 13.5. The van der Waals surface area contributed by atoms with Crippen molar-refractivity contribution >= 4 is 17.5 Å². The highest BCUT2D eigenvalue weighted by Gasteiger charge is 2.34. The van der Waals surface area contributed by atoms with Crippen LogP contribution in [-0.4, -0.2) is 36.9 Å². The Morgan fingerprint density at radius 2 is 1.82 bits per heavy atom. The topological polar surface area (TPSA) is 58.6 Å². The van der Waals surface area contributed by atoms with Gasteiger partial charge in [-0.15, -0.1) is 0 Å². The highest BCUT2D eigenvalue weighted by atomic mass is 16.5. The van der Waals surface area contributed by atoms with Crippen molar-refractivity contribution in [3.8, 4) is 5.75 Å². The van der Waals surface area contributed by atoms with Crippen LogP contribution in [0.15, 0.2) is 48.5 Å². The molecule has 1 N–H and O–H groups in total. The van der Waals surface area contributed by atoms with E-state index in [1.165, 1.54) is 5.56 Å². The zero-order chi connectivity index (χ0) is 20.1. The lowest BCUT2D eigenvalue weighted by molar-refractivity contribution is -0.128. The van der Waals surface area contributed by atoms with Crippen molar-refractivity contribution in [3.05, 3.63) is 59.7 Å².